The van der Waals surface area contributed by atoms with E-state index in [1.54, 1.807) is 12.1 Å². The van der Waals surface area contributed by atoms with E-state index in [-0.39, 0.29) is 5.69 Å². The summed E-state index contributed by atoms with van der Waals surface area (Å²) in [6, 6.07) is 36.2. The maximum absolute atomic E-state index is 11.2. The van der Waals surface area contributed by atoms with Gasteiger partial charge < -0.3 is 0 Å². The van der Waals surface area contributed by atoms with Gasteiger partial charge in [-0.05, 0) is 12.1 Å². The van der Waals surface area contributed by atoms with Crippen LogP contribution in [0.5, 0.6) is 0 Å². The van der Waals surface area contributed by atoms with Crippen molar-refractivity contribution in [2.24, 2.45) is 4.99 Å². The number of anilines is 1. The molecule has 0 amide bonds. The van der Waals surface area contributed by atoms with Crippen molar-refractivity contribution in [2.45, 2.75) is 5.66 Å². The Labute approximate surface area is 185 Å². The van der Waals surface area contributed by atoms with Crippen LogP contribution in [-0.4, -0.2) is 10.8 Å². The van der Waals surface area contributed by atoms with Crippen LogP contribution in [0.25, 0.3) is 0 Å². The number of rotatable bonds is 5. The van der Waals surface area contributed by atoms with E-state index in [0.29, 0.717) is 11.5 Å². The predicted octanol–water partition coefficient (Wildman–Crippen LogP) is 5.28. The molecule has 0 saturated heterocycles. The molecule has 0 saturated carbocycles. The van der Waals surface area contributed by atoms with Crippen molar-refractivity contribution in [2.75, 3.05) is 5.01 Å². The molecule has 1 aliphatic rings. The second-order valence-electron chi connectivity index (χ2n) is 7.39. The van der Waals surface area contributed by atoms with Gasteiger partial charge in [0.1, 0.15) is 0 Å². The first-order valence-electron chi connectivity index (χ1n) is 10.2. The molecule has 0 unspecified atom stereocenters. The van der Waals surface area contributed by atoms with Gasteiger partial charge in [0.15, 0.2) is 5.84 Å². The standard InChI is InChI=1S/C26H19N4O2/c31-30(32)24-18-16-23(17-19-24)29-26(21-12-6-2-7-13-21,22-14-8-3-9-15-22)27-25(28-29)20-10-4-1-5-11-20/h1-19H. The summed E-state index contributed by atoms with van der Waals surface area (Å²) in [5.41, 5.74) is 7.49. The van der Waals surface area contributed by atoms with Crippen LogP contribution in [-0.2, 0) is 5.66 Å². The lowest BCUT2D eigenvalue weighted by Crippen LogP contribution is -2.45. The molecule has 32 heavy (non-hydrogen) atoms. The summed E-state index contributed by atoms with van der Waals surface area (Å²) >= 11 is 0. The molecule has 1 heterocycles. The monoisotopic (exact) mass is 419 g/mol. The van der Waals surface area contributed by atoms with Crippen LogP contribution in [0.4, 0.5) is 11.4 Å². The number of non-ortho nitro benzene ring substituents is 1. The number of amidine groups is 1. The molecule has 0 spiro atoms. The highest BCUT2D eigenvalue weighted by Gasteiger charge is 2.47. The largest absolute Gasteiger partial charge is 0.269 e. The summed E-state index contributed by atoms with van der Waals surface area (Å²) in [5.74, 6) is 0.594. The summed E-state index contributed by atoms with van der Waals surface area (Å²) in [4.78, 5) is 16.0. The fourth-order valence-corrected chi connectivity index (χ4v) is 3.94. The van der Waals surface area contributed by atoms with E-state index in [1.165, 1.54) is 12.1 Å². The van der Waals surface area contributed by atoms with Crippen LogP contribution in [0.1, 0.15) is 16.7 Å². The molecule has 0 atom stereocenters. The van der Waals surface area contributed by atoms with Gasteiger partial charge in [-0.1, -0.05) is 91.0 Å². The minimum Gasteiger partial charge on any atom is -0.258 e. The van der Waals surface area contributed by atoms with Gasteiger partial charge >= 0.3 is 0 Å². The Morgan fingerprint density at radius 3 is 1.69 bits per heavy atom. The molecule has 6 nitrogen and oxygen atoms in total. The molecular formula is C26H19N4O2. The molecule has 0 aromatic heterocycles. The van der Waals surface area contributed by atoms with Crippen LogP contribution in [0.3, 0.4) is 0 Å². The zero-order valence-electron chi connectivity index (χ0n) is 17.1. The van der Waals surface area contributed by atoms with E-state index < -0.39 is 10.6 Å². The minimum absolute atomic E-state index is 0.0298. The number of benzene rings is 4. The van der Waals surface area contributed by atoms with Gasteiger partial charge in [-0.25, -0.2) is 10.0 Å². The molecule has 0 fully saturated rings. The van der Waals surface area contributed by atoms with Crippen molar-refractivity contribution < 1.29 is 4.92 Å². The van der Waals surface area contributed by atoms with E-state index in [9.17, 15) is 10.1 Å². The van der Waals surface area contributed by atoms with Crippen LogP contribution in [0.15, 0.2) is 120 Å². The lowest BCUT2D eigenvalue weighted by Gasteiger charge is -2.36. The second-order valence-corrected chi connectivity index (χ2v) is 7.39. The highest BCUT2D eigenvalue weighted by Crippen LogP contribution is 2.43. The third-order valence-corrected chi connectivity index (χ3v) is 5.46. The molecule has 1 radical (unpaired) electrons. The molecule has 4 aromatic carbocycles. The van der Waals surface area contributed by atoms with Gasteiger partial charge in [0.25, 0.3) is 5.69 Å². The number of nitro groups is 1. The Balaban J connectivity index is 1.75. The van der Waals surface area contributed by atoms with Gasteiger partial charge in [0.2, 0.25) is 5.66 Å². The van der Waals surface area contributed by atoms with Crippen molar-refractivity contribution in [3.8, 4) is 0 Å². The third kappa shape index (κ3) is 3.28. The van der Waals surface area contributed by atoms with Crippen molar-refractivity contribution in [1.29, 1.82) is 0 Å². The van der Waals surface area contributed by atoms with Crippen molar-refractivity contribution in [3.63, 3.8) is 0 Å². The zero-order valence-corrected chi connectivity index (χ0v) is 17.1. The number of nitrogens with zero attached hydrogens (tertiary/aromatic N) is 4. The van der Waals surface area contributed by atoms with Gasteiger partial charge in [-0.2, -0.15) is 0 Å². The van der Waals surface area contributed by atoms with Crippen molar-refractivity contribution in [1.82, 2.24) is 5.43 Å². The summed E-state index contributed by atoms with van der Waals surface area (Å²) in [6.45, 7) is 0. The third-order valence-electron chi connectivity index (χ3n) is 5.46. The predicted molar refractivity (Wildman–Crippen MR) is 124 cm³/mol. The summed E-state index contributed by atoms with van der Waals surface area (Å²) < 4.78 is 0. The molecule has 0 aliphatic carbocycles. The van der Waals surface area contributed by atoms with Crippen LogP contribution < -0.4 is 10.4 Å². The number of aliphatic imine (C=N–C) groups is 1. The van der Waals surface area contributed by atoms with Gasteiger partial charge in [-0.15, -0.1) is 5.43 Å². The van der Waals surface area contributed by atoms with Gasteiger partial charge in [0, 0.05) is 28.8 Å². The van der Waals surface area contributed by atoms with E-state index in [1.807, 2.05) is 96.0 Å². The molecule has 155 valence electrons. The maximum Gasteiger partial charge on any atom is 0.269 e. The lowest BCUT2D eigenvalue weighted by molar-refractivity contribution is -0.384. The molecule has 0 N–H and O–H groups in total. The van der Waals surface area contributed by atoms with Gasteiger partial charge in [-0.3, -0.25) is 10.1 Å². The average Bonchev–Trinajstić information content (AvgIpc) is 3.28. The fourth-order valence-electron chi connectivity index (χ4n) is 3.94. The topological polar surface area (TPSA) is 72.8 Å². The maximum atomic E-state index is 11.2. The Morgan fingerprint density at radius 1 is 0.688 bits per heavy atom. The summed E-state index contributed by atoms with van der Waals surface area (Å²) in [5, 5.41) is 13.0. The zero-order chi connectivity index (χ0) is 22.0. The van der Waals surface area contributed by atoms with Crippen molar-refractivity contribution >= 4 is 17.2 Å². The Hall–Kier alpha value is -4.45. The number of nitro benzene ring substituents is 1. The van der Waals surface area contributed by atoms with Crippen molar-refractivity contribution in [3.05, 3.63) is 142 Å². The molecule has 5 rings (SSSR count). The molecule has 6 heteroatoms. The normalized spacial score (nSPS) is 14.5. The highest BCUT2D eigenvalue weighted by molar-refractivity contribution is 6.02. The van der Waals surface area contributed by atoms with E-state index in [0.717, 1.165) is 16.7 Å². The van der Waals surface area contributed by atoms with Crippen LogP contribution >= 0.6 is 0 Å². The first-order chi connectivity index (χ1) is 15.7. The summed E-state index contributed by atoms with van der Waals surface area (Å²) in [6.07, 6.45) is 0. The SMILES string of the molecule is O=[N+]([O-])c1ccc(N2[N]C(c3ccccc3)=NC2(c2ccccc2)c2ccccc2)cc1. The molecular weight excluding hydrogens is 400 g/mol. The number of hydrogen-bond acceptors (Lipinski definition) is 4. The first kappa shape index (κ1) is 19.5. The van der Waals surface area contributed by atoms with Crippen LogP contribution in [0, 0.1) is 10.1 Å². The molecule has 1 aliphatic heterocycles. The van der Waals surface area contributed by atoms with E-state index in [2.05, 4.69) is 0 Å². The summed E-state index contributed by atoms with van der Waals surface area (Å²) in [7, 11) is 0. The molecule has 0 bridgehead atoms. The first-order valence-corrected chi connectivity index (χ1v) is 10.2. The average molecular weight is 419 g/mol. The Morgan fingerprint density at radius 2 is 1.19 bits per heavy atom. The lowest BCUT2D eigenvalue weighted by atomic mass is 9.90. The smallest absolute Gasteiger partial charge is 0.258 e. The highest BCUT2D eigenvalue weighted by atomic mass is 16.6. The molecule has 4 aromatic rings. The van der Waals surface area contributed by atoms with E-state index >= 15 is 0 Å². The quantitative estimate of drug-likeness (QED) is 0.326. The van der Waals surface area contributed by atoms with Gasteiger partial charge in [0.05, 0.1) is 10.6 Å². The minimum atomic E-state index is -0.955. The Bertz CT molecular complexity index is 1220. The van der Waals surface area contributed by atoms with E-state index in [4.69, 9.17) is 10.4 Å². The number of hydrogen-bond donors (Lipinski definition) is 0. The van der Waals surface area contributed by atoms with Crippen LogP contribution in [0.2, 0.25) is 0 Å². The fraction of sp³-hybridized carbons (Fsp3) is 0.0385. The Kier molecular flexibility index (Phi) is 4.88. The second kappa shape index (κ2) is 8.00.